The summed E-state index contributed by atoms with van der Waals surface area (Å²) in [5, 5.41) is 3.82. The van der Waals surface area contributed by atoms with Crippen molar-refractivity contribution in [2.45, 2.75) is 6.92 Å². The third-order valence-corrected chi connectivity index (χ3v) is 3.54. The van der Waals surface area contributed by atoms with E-state index >= 15 is 0 Å². The highest BCUT2D eigenvalue weighted by atomic mass is 32.1. The smallest absolute Gasteiger partial charge is 0.338 e. The zero-order valence-electron chi connectivity index (χ0n) is 10.9. The quantitative estimate of drug-likeness (QED) is 0.651. The van der Waals surface area contributed by atoms with E-state index in [1.807, 2.05) is 20.0 Å². The molecule has 1 aromatic heterocycles. The number of carbonyl (C=O) groups excluding carboxylic acids is 1. The SMILES string of the molecule is CCOCCOC(=O)c1ccc2nc(NC)sc2c1. The zero-order chi connectivity index (χ0) is 13.7. The molecule has 6 heteroatoms. The molecule has 0 saturated carbocycles. The highest BCUT2D eigenvalue weighted by Gasteiger charge is 2.10. The van der Waals surface area contributed by atoms with Crippen molar-refractivity contribution in [2.75, 3.05) is 32.2 Å². The van der Waals surface area contributed by atoms with E-state index in [0.29, 0.717) is 18.8 Å². The number of thiazole rings is 1. The molecule has 5 nitrogen and oxygen atoms in total. The Morgan fingerprint density at radius 2 is 2.26 bits per heavy atom. The number of esters is 1. The molecule has 0 fully saturated rings. The minimum atomic E-state index is -0.332. The Morgan fingerprint density at radius 1 is 1.42 bits per heavy atom. The van der Waals surface area contributed by atoms with Crippen LogP contribution in [-0.4, -0.2) is 37.8 Å². The van der Waals surface area contributed by atoms with Gasteiger partial charge in [-0.05, 0) is 25.1 Å². The number of carbonyl (C=O) groups is 1. The molecule has 0 saturated heterocycles. The van der Waals surface area contributed by atoms with E-state index in [2.05, 4.69) is 10.3 Å². The van der Waals surface area contributed by atoms with Crippen LogP contribution in [0.1, 0.15) is 17.3 Å². The molecule has 2 aromatic rings. The number of ether oxygens (including phenoxy) is 2. The topological polar surface area (TPSA) is 60.5 Å². The summed E-state index contributed by atoms with van der Waals surface area (Å²) < 4.78 is 11.2. The number of aromatic nitrogens is 1. The van der Waals surface area contributed by atoms with E-state index in [-0.39, 0.29) is 12.6 Å². The van der Waals surface area contributed by atoms with Crippen molar-refractivity contribution in [1.82, 2.24) is 4.98 Å². The minimum absolute atomic E-state index is 0.273. The number of nitrogens with one attached hydrogen (secondary N) is 1. The summed E-state index contributed by atoms with van der Waals surface area (Å²) in [7, 11) is 1.82. The summed E-state index contributed by atoms with van der Waals surface area (Å²) in [5.41, 5.74) is 1.41. The number of hydrogen-bond acceptors (Lipinski definition) is 6. The lowest BCUT2D eigenvalue weighted by atomic mass is 10.2. The molecular weight excluding hydrogens is 264 g/mol. The van der Waals surface area contributed by atoms with Crippen LogP contribution >= 0.6 is 11.3 Å². The van der Waals surface area contributed by atoms with Crippen LogP contribution in [0.25, 0.3) is 10.2 Å². The van der Waals surface area contributed by atoms with Crippen LogP contribution in [-0.2, 0) is 9.47 Å². The fraction of sp³-hybridized carbons (Fsp3) is 0.385. The van der Waals surface area contributed by atoms with Crippen LogP contribution in [0.3, 0.4) is 0 Å². The number of nitrogens with zero attached hydrogens (tertiary/aromatic N) is 1. The highest BCUT2D eigenvalue weighted by molar-refractivity contribution is 7.22. The molecule has 19 heavy (non-hydrogen) atoms. The average molecular weight is 280 g/mol. The Bertz CT molecular complexity index is 568. The van der Waals surface area contributed by atoms with Gasteiger partial charge in [0.1, 0.15) is 6.61 Å². The van der Waals surface area contributed by atoms with Crippen LogP contribution in [0.5, 0.6) is 0 Å². The third-order valence-electron chi connectivity index (χ3n) is 2.50. The number of benzene rings is 1. The van der Waals surface area contributed by atoms with Crippen molar-refractivity contribution < 1.29 is 14.3 Å². The van der Waals surface area contributed by atoms with Crippen molar-refractivity contribution in [2.24, 2.45) is 0 Å². The van der Waals surface area contributed by atoms with E-state index in [4.69, 9.17) is 9.47 Å². The Kier molecular flexibility index (Phi) is 4.70. The molecule has 0 unspecified atom stereocenters. The Hall–Kier alpha value is -1.66. The maximum Gasteiger partial charge on any atom is 0.338 e. The van der Waals surface area contributed by atoms with Crippen molar-refractivity contribution in [3.05, 3.63) is 23.8 Å². The largest absolute Gasteiger partial charge is 0.460 e. The van der Waals surface area contributed by atoms with Crippen LogP contribution in [0.15, 0.2) is 18.2 Å². The average Bonchev–Trinajstić information content (AvgIpc) is 2.85. The number of hydrogen-bond donors (Lipinski definition) is 1. The van der Waals surface area contributed by atoms with Gasteiger partial charge in [0.05, 0.1) is 22.4 Å². The fourth-order valence-electron chi connectivity index (χ4n) is 1.58. The lowest BCUT2D eigenvalue weighted by Gasteiger charge is -2.04. The van der Waals surface area contributed by atoms with Gasteiger partial charge < -0.3 is 14.8 Å². The summed E-state index contributed by atoms with van der Waals surface area (Å²) in [6.07, 6.45) is 0. The first-order valence-corrected chi connectivity index (χ1v) is 6.89. The summed E-state index contributed by atoms with van der Waals surface area (Å²) >= 11 is 1.51. The first-order chi connectivity index (χ1) is 9.24. The molecule has 0 spiro atoms. The monoisotopic (exact) mass is 280 g/mol. The molecule has 0 aliphatic carbocycles. The summed E-state index contributed by atoms with van der Waals surface area (Å²) in [6.45, 7) is 3.22. The molecule has 0 bridgehead atoms. The maximum atomic E-state index is 11.8. The fourth-order valence-corrected chi connectivity index (χ4v) is 2.44. The van der Waals surface area contributed by atoms with Gasteiger partial charge in [-0.25, -0.2) is 9.78 Å². The Balaban J connectivity index is 2.05. The molecule has 0 atom stereocenters. The minimum Gasteiger partial charge on any atom is -0.460 e. The second-order valence-electron chi connectivity index (χ2n) is 3.78. The van der Waals surface area contributed by atoms with Crippen molar-refractivity contribution in [1.29, 1.82) is 0 Å². The molecule has 102 valence electrons. The molecule has 2 rings (SSSR count). The second kappa shape index (κ2) is 6.49. The molecule has 1 N–H and O–H groups in total. The van der Waals surface area contributed by atoms with Gasteiger partial charge >= 0.3 is 5.97 Å². The Labute approximate surface area is 115 Å². The van der Waals surface area contributed by atoms with Gasteiger partial charge in [0.25, 0.3) is 0 Å². The van der Waals surface area contributed by atoms with E-state index in [9.17, 15) is 4.79 Å². The number of anilines is 1. The first-order valence-electron chi connectivity index (χ1n) is 6.07. The molecule has 0 aliphatic rings. The summed E-state index contributed by atoms with van der Waals surface area (Å²) in [5.74, 6) is -0.332. The normalized spacial score (nSPS) is 10.6. The maximum absolute atomic E-state index is 11.8. The van der Waals surface area contributed by atoms with Gasteiger partial charge in [0, 0.05) is 13.7 Å². The van der Waals surface area contributed by atoms with E-state index in [1.54, 1.807) is 12.1 Å². The van der Waals surface area contributed by atoms with Gasteiger partial charge in [-0.15, -0.1) is 0 Å². The van der Waals surface area contributed by atoms with Gasteiger partial charge in [0.15, 0.2) is 5.13 Å². The van der Waals surface area contributed by atoms with Gasteiger partial charge in [-0.3, -0.25) is 0 Å². The lowest BCUT2D eigenvalue weighted by molar-refractivity contribution is 0.0335. The molecule has 0 aliphatic heterocycles. The zero-order valence-corrected chi connectivity index (χ0v) is 11.8. The standard InChI is InChI=1S/C13H16N2O3S/c1-3-17-6-7-18-12(16)9-4-5-10-11(8-9)19-13(14-2)15-10/h4-5,8H,3,6-7H2,1-2H3,(H,14,15). The first kappa shape index (κ1) is 13.8. The lowest BCUT2D eigenvalue weighted by Crippen LogP contribution is -2.10. The van der Waals surface area contributed by atoms with Crippen LogP contribution in [0.2, 0.25) is 0 Å². The summed E-state index contributed by atoms with van der Waals surface area (Å²) in [6, 6.07) is 5.35. The third kappa shape index (κ3) is 3.42. The van der Waals surface area contributed by atoms with Gasteiger partial charge in [-0.1, -0.05) is 11.3 Å². The van der Waals surface area contributed by atoms with Crippen molar-refractivity contribution >= 4 is 32.7 Å². The summed E-state index contributed by atoms with van der Waals surface area (Å²) in [4.78, 5) is 16.2. The van der Waals surface area contributed by atoms with Crippen molar-refractivity contribution in [3.8, 4) is 0 Å². The molecule has 1 heterocycles. The highest BCUT2D eigenvalue weighted by Crippen LogP contribution is 2.26. The van der Waals surface area contributed by atoms with Gasteiger partial charge in [-0.2, -0.15) is 0 Å². The van der Waals surface area contributed by atoms with Crippen molar-refractivity contribution in [3.63, 3.8) is 0 Å². The Morgan fingerprint density at radius 3 is 3.00 bits per heavy atom. The van der Waals surface area contributed by atoms with Crippen LogP contribution in [0.4, 0.5) is 5.13 Å². The molecule has 0 amide bonds. The predicted molar refractivity (Wildman–Crippen MR) is 75.9 cm³/mol. The second-order valence-corrected chi connectivity index (χ2v) is 4.82. The van der Waals surface area contributed by atoms with E-state index in [1.165, 1.54) is 11.3 Å². The number of rotatable bonds is 6. The molecule has 0 radical (unpaired) electrons. The molecule has 1 aromatic carbocycles. The number of fused-ring (bicyclic) bond motifs is 1. The van der Waals surface area contributed by atoms with Crippen LogP contribution in [0, 0.1) is 0 Å². The van der Waals surface area contributed by atoms with E-state index < -0.39 is 0 Å². The van der Waals surface area contributed by atoms with E-state index in [0.717, 1.165) is 15.3 Å². The predicted octanol–water partition coefficient (Wildman–Crippen LogP) is 2.53. The van der Waals surface area contributed by atoms with Crippen LogP contribution < -0.4 is 5.32 Å². The van der Waals surface area contributed by atoms with Gasteiger partial charge in [0.2, 0.25) is 0 Å². The molecular formula is C13H16N2O3S.